The second kappa shape index (κ2) is 11.0. The van der Waals surface area contributed by atoms with Crippen molar-refractivity contribution in [1.29, 1.82) is 0 Å². The Bertz CT molecular complexity index is 2200. The summed E-state index contributed by atoms with van der Waals surface area (Å²) >= 11 is 0. The summed E-state index contributed by atoms with van der Waals surface area (Å²) in [5, 5.41) is 3.52. The van der Waals surface area contributed by atoms with E-state index in [1.54, 1.807) is 24.8 Å². The fourth-order valence-corrected chi connectivity index (χ4v) is 5.92. The molecule has 0 bridgehead atoms. The molecule has 0 amide bonds. The van der Waals surface area contributed by atoms with Crippen molar-refractivity contribution in [3.63, 3.8) is 0 Å². The first-order valence-corrected chi connectivity index (χ1v) is 14.6. The van der Waals surface area contributed by atoms with Gasteiger partial charge >= 0.3 is 0 Å². The third-order valence-corrected chi connectivity index (χ3v) is 8.11. The molecule has 0 radical (unpaired) electrons. The van der Waals surface area contributed by atoms with E-state index in [1.807, 2.05) is 36.5 Å². The SMILES string of the molecule is c1cc(-c2ccc(-c3cc(-c4ccncc4)nc(-c4ccncc4)c3)cc2)cc(-c2cc3cccnc3c3ccccc23)c1. The maximum atomic E-state index is 4.98. The minimum absolute atomic E-state index is 0.909. The lowest BCUT2D eigenvalue weighted by molar-refractivity contribution is 1.27. The van der Waals surface area contributed by atoms with Gasteiger partial charge in [-0.3, -0.25) is 15.0 Å². The maximum absolute atomic E-state index is 4.98. The van der Waals surface area contributed by atoms with Crippen molar-refractivity contribution in [3.8, 4) is 55.9 Å². The van der Waals surface area contributed by atoms with Crippen LogP contribution < -0.4 is 0 Å². The average Bonchev–Trinajstić information content (AvgIpc) is 3.12. The van der Waals surface area contributed by atoms with E-state index in [-0.39, 0.29) is 0 Å². The molecule has 0 aliphatic rings. The summed E-state index contributed by atoms with van der Waals surface area (Å²) in [7, 11) is 0. The molecule has 0 saturated heterocycles. The van der Waals surface area contributed by atoms with E-state index in [0.717, 1.165) is 44.5 Å². The molecule has 8 rings (SSSR count). The van der Waals surface area contributed by atoms with Gasteiger partial charge in [-0.05, 0) is 93.4 Å². The summed E-state index contributed by atoms with van der Waals surface area (Å²) in [4.78, 5) is 18.0. The third-order valence-electron chi connectivity index (χ3n) is 8.11. The van der Waals surface area contributed by atoms with Crippen LogP contribution in [0.2, 0.25) is 0 Å². The Labute approximate surface area is 255 Å². The molecule has 4 aromatic heterocycles. The van der Waals surface area contributed by atoms with Gasteiger partial charge < -0.3 is 0 Å². The molecule has 44 heavy (non-hydrogen) atoms. The van der Waals surface area contributed by atoms with Gasteiger partial charge in [0.2, 0.25) is 0 Å². The van der Waals surface area contributed by atoms with Crippen molar-refractivity contribution in [2.45, 2.75) is 0 Å². The Morgan fingerprint density at radius 1 is 0.364 bits per heavy atom. The Morgan fingerprint density at radius 2 is 0.977 bits per heavy atom. The molecule has 0 saturated carbocycles. The van der Waals surface area contributed by atoms with Crippen LogP contribution in [0.3, 0.4) is 0 Å². The smallest absolute Gasteiger partial charge is 0.0780 e. The zero-order chi connectivity index (χ0) is 29.3. The Kier molecular flexibility index (Phi) is 6.43. The standard InChI is InChI=1S/C40H26N4/c1-2-9-36-35(8-1)37(24-33-7-4-18-43-40(33)36)32-6-3-5-31(23-32)27-10-12-28(13-11-27)34-25-38(29-14-19-41-20-15-29)44-39(26-34)30-16-21-42-22-17-30/h1-26H. The predicted molar refractivity (Wildman–Crippen MR) is 180 cm³/mol. The average molecular weight is 563 g/mol. The minimum atomic E-state index is 0.909. The van der Waals surface area contributed by atoms with Crippen LogP contribution in [0.15, 0.2) is 158 Å². The van der Waals surface area contributed by atoms with Crippen LogP contribution in [-0.2, 0) is 0 Å². The van der Waals surface area contributed by atoms with Crippen molar-refractivity contribution in [2.75, 3.05) is 0 Å². The van der Waals surface area contributed by atoms with Crippen LogP contribution in [-0.4, -0.2) is 19.9 Å². The highest BCUT2D eigenvalue weighted by Gasteiger charge is 2.12. The van der Waals surface area contributed by atoms with E-state index in [2.05, 4.69) is 112 Å². The molecule has 0 unspecified atom stereocenters. The molecule has 0 spiro atoms. The molecular weight excluding hydrogens is 536 g/mol. The topological polar surface area (TPSA) is 51.6 Å². The number of rotatable bonds is 5. The van der Waals surface area contributed by atoms with E-state index < -0.39 is 0 Å². The van der Waals surface area contributed by atoms with Gasteiger partial charge in [-0.1, -0.05) is 72.8 Å². The van der Waals surface area contributed by atoms with Crippen molar-refractivity contribution in [3.05, 3.63) is 158 Å². The van der Waals surface area contributed by atoms with E-state index in [4.69, 9.17) is 4.98 Å². The number of nitrogens with zero attached hydrogens (tertiary/aromatic N) is 4. The molecule has 0 atom stereocenters. The first-order chi connectivity index (χ1) is 21.8. The van der Waals surface area contributed by atoms with E-state index in [9.17, 15) is 0 Å². The molecular formula is C40H26N4. The number of pyridine rings is 4. The van der Waals surface area contributed by atoms with Gasteiger partial charge in [-0.15, -0.1) is 0 Å². The number of hydrogen-bond acceptors (Lipinski definition) is 4. The first-order valence-electron chi connectivity index (χ1n) is 14.6. The lowest BCUT2D eigenvalue weighted by Crippen LogP contribution is -1.92. The fourth-order valence-electron chi connectivity index (χ4n) is 5.92. The molecule has 0 fully saturated rings. The molecule has 4 nitrogen and oxygen atoms in total. The van der Waals surface area contributed by atoms with E-state index in [1.165, 1.54) is 33.0 Å². The largest absolute Gasteiger partial charge is 0.265 e. The van der Waals surface area contributed by atoms with Crippen molar-refractivity contribution in [2.24, 2.45) is 0 Å². The molecule has 8 aromatic rings. The van der Waals surface area contributed by atoms with Crippen LogP contribution in [0.25, 0.3) is 77.6 Å². The second-order valence-corrected chi connectivity index (χ2v) is 10.8. The second-order valence-electron chi connectivity index (χ2n) is 10.8. The van der Waals surface area contributed by atoms with Crippen LogP contribution in [0.4, 0.5) is 0 Å². The molecule has 0 aliphatic carbocycles. The van der Waals surface area contributed by atoms with Crippen LogP contribution in [0.5, 0.6) is 0 Å². The highest BCUT2D eigenvalue weighted by Crippen LogP contribution is 2.36. The molecule has 0 N–H and O–H groups in total. The van der Waals surface area contributed by atoms with Crippen LogP contribution in [0, 0.1) is 0 Å². The van der Waals surface area contributed by atoms with Gasteiger partial charge in [-0.2, -0.15) is 0 Å². The van der Waals surface area contributed by atoms with E-state index >= 15 is 0 Å². The van der Waals surface area contributed by atoms with Crippen molar-refractivity contribution in [1.82, 2.24) is 19.9 Å². The minimum Gasteiger partial charge on any atom is -0.265 e. The zero-order valence-electron chi connectivity index (χ0n) is 23.8. The summed E-state index contributed by atoms with van der Waals surface area (Å²) in [5.74, 6) is 0. The highest BCUT2D eigenvalue weighted by molar-refractivity contribution is 6.12. The Balaban J connectivity index is 1.19. The molecule has 206 valence electrons. The molecule has 4 heteroatoms. The summed E-state index contributed by atoms with van der Waals surface area (Å²) in [6.07, 6.45) is 9.07. The maximum Gasteiger partial charge on any atom is 0.0780 e. The van der Waals surface area contributed by atoms with Crippen molar-refractivity contribution < 1.29 is 0 Å². The normalized spacial score (nSPS) is 11.2. The van der Waals surface area contributed by atoms with Gasteiger partial charge in [-0.25, -0.2) is 4.98 Å². The zero-order valence-corrected chi connectivity index (χ0v) is 23.8. The predicted octanol–water partition coefficient (Wildman–Crippen LogP) is 9.91. The van der Waals surface area contributed by atoms with Gasteiger partial charge in [0.25, 0.3) is 0 Å². The fraction of sp³-hybridized carbons (Fsp3) is 0. The summed E-state index contributed by atoms with van der Waals surface area (Å²) in [6.45, 7) is 0. The van der Waals surface area contributed by atoms with Crippen molar-refractivity contribution >= 4 is 21.7 Å². The summed E-state index contributed by atoms with van der Waals surface area (Å²) in [5.41, 5.74) is 11.9. The number of hydrogen-bond donors (Lipinski definition) is 0. The summed E-state index contributed by atoms with van der Waals surface area (Å²) < 4.78 is 0. The Morgan fingerprint density at radius 3 is 1.66 bits per heavy atom. The molecule has 4 aromatic carbocycles. The highest BCUT2D eigenvalue weighted by atomic mass is 14.7. The first kappa shape index (κ1) is 25.7. The number of aromatic nitrogens is 4. The van der Waals surface area contributed by atoms with Crippen LogP contribution in [0.1, 0.15) is 0 Å². The quantitative estimate of drug-likeness (QED) is 0.196. The van der Waals surface area contributed by atoms with Gasteiger partial charge in [0, 0.05) is 52.9 Å². The van der Waals surface area contributed by atoms with Gasteiger partial charge in [0.05, 0.1) is 16.9 Å². The third kappa shape index (κ3) is 4.79. The summed E-state index contributed by atoms with van der Waals surface area (Å²) in [6, 6.07) is 44.8. The Hall–Kier alpha value is -6.00. The lowest BCUT2D eigenvalue weighted by atomic mass is 9.93. The number of fused-ring (bicyclic) bond motifs is 3. The number of benzene rings is 4. The van der Waals surface area contributed by atoms with E-state index in [0.29, 0.717) is 0 Å². The van der Waals surface area contributed by atoms with Crippen LogP contribution >= 0.6 is 0 Å². The molecule has 4 heterocycles. The van der Waals surface area contributed by atoms with Gasteiger partial charge in [0.1, 0.15) is 0 Å². The molecule has 0 aliphatic heterocycles. The monoisotopic (exact) mass is 562 g/mol. The lowest BCUT2D eigenvalue weighted by Gasteiger charge is -2.13. The van der Waals surface area contributed by atoms with Gasteiger partial charge in [0.15, 0.2) is 0 Å².